The van der Waals surface area contributed by atoms with Gasteiger partial charge < -0.3 is 14.6 Å². The van der Waals surface area contributed by atoms with Gasteiger partial charge in [-0.25, -0.2) is 0 Å². The third-order valence-corrected chi connectivity index (χ3v) is 4.28. The van der Waals surface area contributed by atoms with E-state index in [9.17, 15) is 0 Å². The van der Waals surface area contributed by atoms with Crippen LogP contribution in [0, 0.1) is 0 Å². The quantitative estimate of drug-likeness (QED) is 0.781. The summed E-state index contributed by atoms with van der Waals surface area (Å²) in [5.41, 5.74) is 3.66. The molecule has 114 valence electrons. The molecule has 1 heterocycles. The molecule has 0 aliphatic rings. The molecule has 0 radical (unpaired) electrons. The van der Waals surface area contributed by atoms with E-state index < -0.39 is 0 Å². The summed E-state index contributed by atoms with van der Waals surface area (Å²) in [6.45, 7) is 6.26. The Hall–Kier alpha value is -1.26. The van der Waals surface area contributed by atoms with Gasteiger partial charge >= 0.3 is 0 Å². The number of rotatable bonds is 7. The molecule has 1 N–H and O–H groups in total. The zero-order chi connectivity index (χ0) is 15.2. The lowest BCUT2D eigenvalue weighted by atomic mass is 10.1. The fourth-order valence-corrected chi connectivity index (χ4v) is 3.03. The molecule has 2 rings (SSSR count). The maximum atomic E-state index is 5.12. The molecule has 0 saturated heterocycles. The molecule has 0 spiro atoms. The van der Waals surface area contributed by atoms with Crippen LogP contribution >= 0.6 is 15.9 Å². The number of halogens is 1. The van der Waals surface area contributed by atoms with Gasteiger partial charge in [0.2, 0.25) is 0 Å². The minimum Gasteiger partial charge on any atom is -0.472 e. The maximum absolute atomic E-state index is 5.12. The summed E-state index contributed by atoms with van der Waals surface area (Å²) >= 11 is 3.70. The molecule has 1 atom stereocenters. The van der Waals surface area contributed by atoms with Gasteiger partial charge in [-0.05, 0) is 43.7 Å². The molecule has 0 aliphatic heterocycles. The molecule has 4 heteroatoms. The molecule has 0 bridgehead atoms. The number of nitrogens with one attached hydrogen (secondary N) is 1. The summed E-state index contributed by atoms with van der Waals surface area (Å²) in [6.07, 6.45) is 4.65. The Morgan fingerprint density at radius 2 is 2.14 bits per heavy atom. The monoisotopic (exact) mass is 350 g/mol. The fourth-order valence-electron chi connectivity index (χ4n) is 2.32. The Morgan fingerprint density at radius 1 is 1.33 bits per heavy atom. The summed E-state index contributed by atoms with van der Waals surface area (Å²) in [6, 6.07) is 8.90. The fraction of sp³-hybridized carbons (Fsp3) is 0.412. The van der Waals surface area contributed by atoms with E-state index in [1.165, 1.54) is 16.8 Å². The second kappa shape index (κ2) is 7.66. The van der Waals surface area contributed by atoms with E-state index in [1.54, 1.807) is 12.5 Å². The highest BCUT2D eigenvalue weighted by Crippen LogP contribution is 2.28. The maximum Gasteiger partial charge on any atom is 0.0952 e. The number of benzene rings is 1. The van der Waals surface area contributed by atoms with Crippen LogP contribution in [0.25, 0.3) is 0 Å². The van der Waals surface area contributed by atoms with Crippen LogP contribution in [0.4, 0.5) is 5.69 Å². The highest BCUT2D eigenvalue weighted by atomic mass is 79.9. The third kappa shape index (κ3) is 4.35. The van der Waals surface area contributed by atoms with Crippen molar-refractivity contribution < 1.29 is 4.42 Å². The van der Waals surface area contributed by atoms with Gasteiger partial charge in [0.15, 0.2) is 0 Å². The van der Waals surface area contributed by atoms with Crippen molar-refractivity contribution in [2.45, 2.75) is 32.9 Å². The van der Waals surface area contributed by atoms with Gasteiger partial charge in [0.1, 0.15) is 0 Å². The van der Waals surface area contributed by atoms with Gasteiger partial charge in [0.05, 0.1) is 12.5 Å². The molecule has 3 nitrogen and oxygen atoms in total. The molecule has 1 unspecified atom stereocenters. The van der Waals surface area contributed by atoms with Crippen molar-refractivity contribution in [3.63, 3.8) is 0 Å². The molecule has 21 heavy (non-hydrogen) atoms. The van der Waals surface area contributed by atoms with Gasteiger partial charge in [-0.3, -0.25) is 0 Å². The molecule has 0 aliphatic carbocycles. The van der Waals surface area contributed by atoms with E-state index in [0.29, 0.717) is 6.04 Å². The molecule has 1 aromatic carbocycles. The molecular formula is C17H23BrN2O. The largest absolute Gasteiger partial charge is 0.472 e. The van der Waals surface area contributed by atoms with E-state index >= 15 is 0 Å². The van der Waals surface area contributed by atoms with Crippen molar-refractivity contribution >= 4 is 21.6 Å². The summed E-state index contributed by atoms with van der Waals surface area (Å²) < 4.78 is 6.27. The SMILES string of the molecule is CCCNC(C)c1ccc(N(C)Cc2ccoc2)cc1Br. The second-order valence-corrected chi connectivity index (χ2v) is 6.22. The van der Waals surface area contributed by atoms with E-state index in [4.69, 9.17) is 4.42 Å². The van der Waals surface area contributed by atoms with E-state index in [-0.39, 0.29) is 0 Å². The smallest absolute Gasteiger partial charge is 0.0952 e. The third-order valence-electron chi connectivity index (χ3n) is 3.59. The number of hydrogen-bond donors (Lipinski definition) is 1. The molecule has 0 saturated carbocycles. The van der Waals surface area contributed by atoms with Crippen molar-refractivity contribution in [3.8, 4) is 0 Å². The lowest BCUT2D eigenvalue weighted by molar-refractivity contribution is 0.563. The molecule has 0 amide bonds. The number of nitrogens with zero attached hydrogens (tertiary/aromatic N) is 1. The molecule has 2 aromatic rings. The predicted octanol–water partition coefficient (Wildman–Crippen LogP) is 4.74. The van der Waals surface area contributed by atoms with Crippen molar-refractivity contribution in [2.24, 2.45) is 0 Å². The summed E-state index contributed by atoms with van der Waals surface area (Å²) in [5, 5.41) is 3.52. The van der Waals surface area contributed by atoms with Crippen LogP contribution in [0.15, 0.2) is 45.7 Å². The van der Waals surface area contributed by atoms with Crippen LogP contribution in [-0.2, 0) is 6.54 Å². The molecular weight excluding hydrogens is 328 g/mol. The van der Waals surface area contributed by atoms with Gasteiger partial charge in [0, 0.05) is 35.4 Å². The number of furan rings is 1. The van der Waals surface area contributed by atoms with Crippen LogP contribution in [-0.4, -0.2) is 13.6 Å². The minimum absolute atomic E-state index is 0.354. The Balaban J connectivity index is 2.07. The van der Waals surface area contributed by atoms with Crippen LogP contribution in [0.1, 0.15) is 37.4 Å². The Labute approximate surface area is 135 Å². The van der Waals surface area contributed by atoms with E-state index in [2.05, 4.69) is 65.2 Å². The van der Waals surface area contributed by atoms with Crippen LogP contribution in [0.5, 0.6) is 0 Å². The molecule has 0 fully saturated rings. The van der Waals surface area contributed by atoms with Gasteiger partial charge in [-0.2, -0.15) is 0 Å². The predicted molar refractivity (Wildman–Crippen MR) is 91.7 cm³/mol. The second-order valence-electron chi connectivity index (χ2n) is 5.37. The topological polar surface area (TPSA) is 28.4 Å². The van der Waals surface area contributed by atoms with Crippen molar-refractivity contribution in [3.05, 3.63) is 52.4 Å². The van der Waals surface area contributed by atoms with Gasteiger partial charge in [-0.1, -0.05) is 28.9 Å². The van der Waals surface area contributed by atoms with Gasteiger partial charge in [-0.15, -0.1) is 0 Å². The summed E-state index contributed by atoms with van der Waals surface area (Å²) in [7, 11) is 2.09. The Morgan fingerprint density at radius 3 is 2.76 bits per heavy atom. The highest BCUT2D eigenvalue weighted by Gasteiger charge is 2.11. The average Bonchev–Trinajstić information content (AvgIpc) is 2.97. The zero-order valence-corrected chi connectivity index (χ0v) is 14.5. The molecule has 1 aromatic heterocycles. The van der Waals surface area contributed by atoms with Crippen LogP contribution in [0.3, 0.4) is 0 Å². The van der Waals surface area contributed by atoms with Crippen LogP contribution < -0.4 is 10.2 Å². The summed E-state index contributed by atoms with van der Waals surface area (Å²) in [4.78, 5) is 2.21. The summed E-state index contributed by atoms with van der Waals surface area (Å²) in [5.74, 6) is 0. The van der Waals surface area contributed by atoms with Crippen LogP contribution in [0.2, 0.25) is 0 Å². The lowest BCUT2D eigenvalue weighted by Crippen LogP contribution is -2.20. The number of hydrogen-bond acceptors (Lipinski definition) is 3. The Kier molecular flexibility index (Phi) is 5.88. The van der Waals surface area contributed by atoms with Crippen molar-refractivity contribution in [1.82, 2.24) is 5.32 Å². The normalized spacial score (nSPS) is 12.4. The van der Waals surface area contributed by atoms with Crippen molar-refractivity contribution in [2.75, 3.05) is 18.5 Å². The average molecular weight is 351 g/mol. The first kappa shape index (κ1) is 16.1. The standard InChI is InChI=1S/C17H23BrN2O/c1-4-8-19-13(2)16-6-5-15(10-17(16)18)20(3)11-14-7-9-21-12-14/h5-7,9-10,12-13,19H,4,8,11H2,1-3H3. The lowest BCUT2D eigenvalue weighted by Gasteiger charge is -2.21. The zero-order valence-electron chi connectivity index (χ0n) is 12.9. The van der Waals surface area contributed by atoms with E-state index in [1.807, 2.05) is 6.07 Å². The number of anilines is 1. The van der Waals surface area contributed by atoms with E-state index in [0.717, 1.165) is 24.0 Å². The Bertz CT molecular complexity index is 554. The minimum atomic E-state index is 0.354. The first-order valence-corrected chi connectivity index (χ1v) is 8.16. The van der Waals surface area contributed by atoms with Gasteiger partial charge in [0.25, 0.3) is 0 Å². The first-order chi connectivity index (χ1) is 10.1. The van der Waals surface area contributed by atoms with Crippen molar-refractivity contribution in [1.29, 1.82) is 0 Å². The first-order valence-electron chi connectivity index (χ1n) is 7.37. The highest BCUT2D eigenvalue weighted by molar-refractivity contribution is 9.10.